The Morgan fingerprint density at radius 1 is 1.05 bits per heavy atom. The van der Waals surface area contributed by atoms with Gasteiger partial charge in [0.15, 0.2) is 5.78 Å². The standard InChI is InChI=1S/C33H36N4O6/c1-21(38)26-8-6-22(16-30(26)41-2)20-43-32-5-3-4-27(35-32)23-10-13-36(14-11-23)19-31-34-28-9-7-24(33(39)40)17-29(28)37(31)18-25-12-15-42-25/h3-9,16-17,23,25H,10-15,18-20H2,1-2H3,(H,39,40)/t25-/m0/s1. The summed E-state index contributed by atoms with van der Waals surface area (Å²) >= 11 is 0. The van der Waals surface area contributed by atoms with Crippen LogP contribution in [0.3, 0.4) is 0 Å². The quantitative estimate of drug-likeness (QED) is 0.241. The Hall–Kier alpha value is -4.28. The van der Waals surface area contributed by atoms with Crippen molar-refractivity contribution in [3.05, 3.63) is 82.8 Å². The molecule has 0 spiro atoms. The van der Waals surface area contributed by atoms with Gasteiger partial charge in [-0.05, 0) is 81.2 Å². The molecule has 0 amide bonds. The van der Waals surface area contributed by atoms with Crippen LogP contribution in [0.15, 0.2) is 54.6 Å². The first kappa shape index (κ1) is 28.8. The van der Waals surface area contributed by atoms with E-state index < -0.39 is 5.97 Å². The van der Waals surface area contributed by atoms with Crippen LogP contribution >= 0.6 is 0 Å². The van der Waals surface area contributed by atoms with E-state index in [1.54, 1.807) is 31.4 Å². The summed E-state index contributed by atoms with van der Waals surface area (Å²) < 4.78 is 19.2. The summed E-state index contributed by atoms with van der Waals surface area (Å²) in [4.78, 5) is 35.5. The van der Waals surface area contributed by atoms with Crippen LogP contribution in [0.25, 0.3) is 11.0 Å². The first-order valence-corrected chi connectivity index (χ1v) is 14.7. The number of fused-ring (bicyclic) bond motifs is 1. The van der Waals surface area contributed by atoms with E-state index in [0.717, 1.165) is 67.1 Å². The number of Topliss-reactive ketones (excluding diaryl/α,β-unsaturated/α-hetero) is 1. The van der Waals surface area contributed by atoms with Crippen molar-refractivity contribution in [3.8, 4) is 11.6 Å². The lowest BCUT2D eigenvalue weighted by molar-refractivity contribution is -0.0592. The maximum Gasteiger partial charge on any atom is 0.335 e. The van der Waals surface area contributed by atoms with E-state index in [1.165, 1.54) is 6.92 Å². The topological polar surface area (TPSA) is 116 Å². The molecule has 0 saturated carbocycles. The zero-order valence-corrected chi connectivity index (χ0v) is 24.5. The van der Waals surface area contributed by atoms with Crippen LogP contribution in [0.4, 0.5) is 0 Å². The zero-order valence-electron chi connectivity index (χ0n) is 24.5. The minimum atomic E-state index is -0.940. The summed E-state index contributed by atoms with van der Waals surface area (Å²) in [5.74, 6) is 1.40. The number of pyridine rings is 1. The lowest BCUT2D eigenvalue weighted by Gasteiger charge is -2.32. The van der Waals surface area contributed by atoms with Crippen molar-refractivity contribution in [1.29, 1.82) is 0 Å². The number of nitrogens with zero attached hydrogens (tertiary/aromatic N) is 4. The number of likely N-dealkylation sites (tertiary alicyclic amines) is 1. The summed E-state index contributed by atoms with van der Waals surface area (Å²) in [6.45, 7) is 5.80. The Balaban J connectivity index is 1.09. The molecule has 10 heteroatoms. The van der Waals surface area contributed by atoms with E-state index in [4.69, 9.17) is 24.2 Å². The molecule has 0 radical (unpaired) electrons. The average Bonchev–Trinajstić information content (AvgIpc) is 3.33. The van der Waals surface area contributed by atoms with Crippen LogP contribution in [0, 0.1) is 0 Å². The molecule has 2 aliphatic rings. The fraction of sp³-hybridized carbons (Fsp3) is 0.394. The Morgan fingerprint density at radius 3 is 2.56 bits per heavy atom. The summed E-state index contributed by atoms with van der Waals surface area (Å²) in [6.07, 6.45) is 3.07. The van der Waals surface area contributed by atoms with Crippen molar-refractivity contribution in [3.63, 3.8) is 0 Å². The number of aromatic nitrogens is 3. The molecule has 2 aliphatic heterocycles. The smallest absolute Gasteiger partial charge is 0.335 e. The van der Waals surface area contributed by atoms with Gasteiger partial charge < -0.3 is 23.9 Å². The normalized spacial score (nSPS) is 17.5. The number of hydrogen-bond acceptors (Lipinski definition) is 8. The highest BCUT2D eigenvalue weighted by Gasteiger charge is 2.26. The Labute approximate surface area is 250 Å². The molecule has 1 N–H and O–H groups in total. The number of ether oxygens (including phenoxy) is 3. The highest BCUT2D eigenvalue weighted by Crippen LogP contribution is 2.30. The third kappa shape index (κ3) is 6.40. The van der Waals surface area contributed by atoms with E-state index in [1.807, 2.05) is 24.3 Å². The van der Waals surface area contributed by atoms with Gasteiger partial charge in [0.2, 0.25) is 5.88 Å². The third-order valence-corrected chi connectivity index (χ3v) is 8.40. The minimum absolute atomic E-state index is 0.0408. The molecule has 2 aromatic carbocycles. The number of carbonyl (C=O) groups is 2. The first-order chi connectivity index (χ1) is 20.9. The second-order valence-electron chi connectivity index (χ2n) is 11.3. The SMILES string of the molecule is COc1cc(COc2cccc(C3CCN(Cc4nc5ccc(C(=O)O)cc5n4C[C@@H]4CCO4)CC3)n2)ccc1C(C)=O. The molecular formula is C33H36N4O6. The molecule has 10 nitrogen and oxygen atoms in total. The number of aromatic carboxylic acids is 1. The second kappa shape index (κ2) is 12.5. The molecule has 0 unspecified atom stereocenters. The van der Waals surface area contributed by atoms with Gasteiger partial charge in [-0.25, -0.2) is 14.8 Å². The summed E-state index contributed by atoms with van der Waals surface area (Å²) in [5, 5.41) is 9.51. The predicted molar refractivity (Wildman–Crippen MR) is 160 cm³/mol. The second-order valence-corrected chi connectivity index (χ2v) is 11.3. The number of carbonyl (C=O) groups excluding carboxylic acids is 1. The number of piperidine rings is 1. The number of methoxy groups -OCH3 is 1. The number of benzene rings is 2. The van der Waals surface area contributed by atoms with Crippen LogP contribution in [-0.2, 0) is 24.4 Å². The molecule has 4 aromatic rings. The third-order valence-electron chi connectivity index (χ3n) is 8.40. The maximum atomic E-state index is 11.8. The van der Waals surface area contributed by atoms with Crippen LogP contribution in [0.1, 0.15) is 69.9 Å². The molecule has 43 heavy (non-hydrogen) atoms. The van der Waals surface area contributed by atoms with Crippen LogP contribution in [-0.4, -0.2) is 69.2 Å². The van der Waals surface area contributed by atoms with Crippen LogP contribution in [0.2, 0.25) is 0 Å². The van der Waals surface area contributed by atoms with Gasteiger partial charge in [0, 0.05) is 24.3 Å². The van der Waals surface area contributed by atoms with E-state index in [9.17, 15) is 14.7 Å². The van der Waals surface area contributed by atoms with Gasteiger partial charge >= 0.3 is 5.97 Å². The van der Waals surface area contributed by atoms with E-state index in [0.29, 0.717) is 42.8 Å². The number of ketones is 1. The molecule has 2 saturated heterocycles. The van der Waals surface area contributed by atoms with Crippen LogP contribution in [0.5, 0.6) is 11.6 Å². The highest BCUT2D eigenvalue weighted by atomic mass is 16.5. The van der Waals surface area contributed by atoms with Crippen molar-refractivity contribution in [2.75, 3.05) is 26.8 Å². The van der Waals surface area contributed by atoms with Crippen molar-refractivity contribution in [2.24, 2.45) is 0 Å². The van der Waals surface area contributed by atoms with Gasteiger partial charge in [-0.3, -0.25) is 9.69 Å². The number of hydrogen-bond donors (Lipinski definition) is 1. The van der Waals surface area contributed by atoms with E-state index >= 15 is 0 Å². The zero-order chi connectivity index (χ0) is 29.9. The molecular weight excluding hydrogens is 548 g/mol. The molecule has 0 aliphatic carbocycles. The summed E-state index contributed by atoms with van der Waals surface area (Å²) in [5.41, 5.74) is 4.39. The van der Waals surface area contributed by atoms with Gasteiger partial charge in [0.05, 0.1) is 48.5 Å². The molecule has 4 heterocycles. The molecule has 2 aromatic heterocycles. The minimum Gasteiger partial charge on any atom is -0.496 e. The fourth-order valence-corrected chi connectivity index (χ4v) is 5.86. The number of imidazole rings is 1. The molecule has 1 atom stereocenters. The van der Waals surface area contributed by atoms with Crippen molar-refractivity contribution >= 4 is 22.8 Å². The number of rotatable bonds is 11. The van der Waals surface area contributed by atoms with E-state index in [-0.39, 0.29) is 17.5 Å². The number of carboxylic acid groups (broad SMARTS) is 1. The Bertz CT molecular complexity index is 1640. The first-order valence-electron chi connectivity index (χ1n) is 14.7. The lowest BCUT2D eigenvalue weighted by Crippen LogP contribution is -2.35. The maximum absolute atomic E-state index is 11.8. The fourth-order valence-electron chi connectivity index (χ4n) is 5.86. The molecule has 6 rings (SSSR count). The van der Waals surface area contributed by atoms with Gasteiger partial charge in [-0.15, -0.1) is 0 Å². The predicted octanol–water partition coefficient (Wildman–Crippen LogP) is 5.09. The Kier molecular flexibility index (Phi) is 8.40. The van der Waals surface area contributed by atoms with Gasteiger partial charge in [0.1, 0.15) is 18.2 Å². The lowest BCUT2D eigenvalue weighted by atomic mass is 9.93. The van der Waals surface area contributed by atoms with Crippen molar-refractivity contribution in [2.45, 2.75) is 57.9 Å². The number of carboxylic acids is 1. The largest absolute Gasteiger partial charge is 0.496 e. The molecule has 224 valence electrons. The Morgan fingerprint density at radius 2 is 1.86 bits per heavy atom. The van der Waals surface area contributed by atoms with E-state index in [2.05, 4.69) is 15.5 Å². The highest BCUT2D eigenvalue weighted by molar-refractivity contribution is 5.97. The molecule has 2 fully saturated rings. The molecule has 0 bridgehead atoms. The monoisotopic (exact) mass is 584 g/mol. The van der Waals surface area contributed by atoms with Crippen molar-refractivity contribution in [1.82, 2.24) is 19.4 Å². The van der Waals surface area contributed by atoms with Crippen LogP contribution < -0.4 is 9.47 Å². The summed E-state index contributed by atoms with van der Waals surface area (Å²) in [7, 11) is 1.56. The van der Waals surface area contributed by atoms with Gasteiger partial charge in [0.25, 0.3) is 0 Å². The van der Waals surface area contributed by atoms with Gasteiger partial charge in [-0.2, -0.15) is 0 Å². The average molecular weight is 585 g/mol. The summed E-state index contributed by atoms with van der Waals surface area (Å²) in [6, 6.07) is 16.5. The van der Waals surface area contributed by atoms with Gasteiger partial charge in [-0.1, -0.05) is 12.1 Å². The van der Waals surface area contributed by atoms with Crippen molar-refractivity contribution < 1.29 is 28.9 Å².